The van der Waals surface area contributed by atoms with Crippen LogP contribution in [0.15, 0.2) is 48.7 Å². The Labute approximate surface area is 114 Å². The molecular formula is C14H10ClN3O. The van der Waals surface area contributed by atoms with Gasteiger partial charge in [0.05, 0.1) is 5.02 Å². The number of halogens is 1. The number of pyridine rings is 2. The van der Waals surface area contributed by atoms with Gasteiger partial charge in [0, 0.05) is 17.6 Å². The first-order valence-corrected chi connectivity index (χ1v) is 6.05. The highest BCUT2D eigenvalue weighted by Crippen LogP contribution is 2.32. The fraction of sp³-hybridized carbons (Fsp3) is 0. The van der Waals surface area contributed by atoms with Gasteiger partial charge in [0.15, 0.2) is 5.75 Å². The van der Waals surface area contributed by atoms with E-state index in [-0.39, 0.29) is 0 Å². The van der Waals surface area contributed by atoms with Gasteiger partial charge in [0.25, 0.3) is 0 Å². The molecule has 3 rings (SSSR count). The zero-order valence-electron chi connectivity index (χ0n) is 9.88. The predicted molar refractivity (Wildman–Crippen MR) is 75.5 cm³/mol. The highest BCUT2D eigenvalue weighted by molar-refractivity contribution is 6.35. The molecule has 0 saturated heterocycles. The van der Waals surface area contributed by atoms with Crippen LogP contribution in [-0.2, 0) is 0 Å². The molecule has 0 atom stereocenters. The molecule has 1 aromatic carbocycles. The second-order valence-corrected chi connectivity index (χ2v) is 4.36. The number of benzene rings is 1. The van der Waals surface area contributed by atoms with Gasteiger partial charge in [-0.2, -0.15) is 4.98 Å². The van der Waals surface area contributed by atoms with E-state index in [1.165, 1.54) is 0 Å². The van der Waals surface area contributed by atoms with E-state index in [4.69, 9.17) is 22.1 Å². The number of hydrogen-bond acceptors (Lipinski definition) is 4. The summed E-state index contributed by atoms with van der Waals surface area (Å²) in [6.45, 7) is 0. The summed E-state index contributed by atoms with van der Waals surface area (Å²) in [6.07, 6.45) is 1.69. The minimum absolute atomic E-state index is 0.406. The van der Waals surface area contributed by atoms with E-state index in [0.717, 1.165) is 5.39 Å². The summed E-state index contributed by atoms with van der Waals surface area (Å²) in [5, 5.41) is 1.47. The molecule has 5 heteroatoms. The number of nitrogen functional groups attached to an aromatic ring is 1. The Morgan fingerprint density at radius 3 is 2.79 bits per heavy atom. The highest BCUT2D eigenvalue weighted by atomic mass is 35.5. The van der Waals surface area contributed by atoms with Crippen LogP contribution in [0.5, 0.6) is 11.6 Å². The molecule has 0 aliphatic rings. The van der Waals surface area contributed by atoms with Crippen molar-refractivity contribution in [3.63, 3.8) is 0 Å². The van der Waals surface area contributed by atoms with Crippen molar-refractivity contribution >= 4 is 28.3 Å². The van der Waals surface area contributed by atoms with Crippen LogP contribution in [0.3, 0.4) is 0 Å². The van der Waals surface area contributed by atoms with Crippen molar-refractivity contribution in [3.8, 4) is 11.6 Å². The van der Waals surface area contributed by atoms with Gasteiger partial charge in [-0.15, -0.1) is 0 Å². The van der Waals surface area contributed by atoms with Crippen LogP contribution in [0, 0.1) is 0 Å². The largest absolute Gasteiger partial charge is 0.437 e. The van der Waals surface area contributed by atoms with Gasteiger partial charge in [-0.05, 0) is 30.3 Å². The first kappa shape index (κ1) is 11.7. The van der Waals surface area contributed by atoms with E-state index in [1.54, 1.807) is 36.5 Å². The number of nitrogens with zero attached hydrogens (tertiary/aromatic N) is 2. The molecule has 0 unspecified atom stereocenters. The van der Waals surface area contributed by atoms with E-state index >= 15 is 0 Å². The van der Waals surface area contributed by atoms with E-state index in [9.17, 15) is 0 Å². The van der Waals surface area contributed by atoms with Crippen LogP contribution in [0.25, 0.3) is 10.9 Å². The Kier molecular flexibility index (Phi) is 2.93. The number of rotatable bonds is 2. The lowest BCUT2D eigenvalue weighted by molar-refractivity contribution is 0.468. The maximum Gasteiger partial charge on any atom is 0.221 e. The van der Waals surface area contributed by atoms with Crippen LogP contribution >= 0.6 is 11.6 Å². The van der Waals surface area contributed by atoms with Crippen LogP contribution in [0.1, 0.15) is 0 Å². The topological polar surface area (TPSA) is 61.0 Å². The van der Waals surface area contributed by atoms with Crippen LogP contribution in [-0.4, -0.2) is 9.97 Å². The zero-order valence-corrected chi connectivity index (χ0v) is 10.6. The van der Waals surface area contributed by atoms with Gasteiger partial charge in [-0.25, -0.2) is 0 Å². The van der Waals surface area contributed by atoms with Gasteiger partial charge in [0.1, 0.15) is 11.3 Å². The Bertz CT molecular complexity index is 746. The first-order chi connectivity index (χ1) is 9.24. The standard InChI is InChI=1S/C14H10ClN3O/c15-10-6-7-11(14-9(10)3-2-8-17-14)19-13-5-1-4-12(16)18-13/h1-8H,(H2,16,18). The zero-order chi connectivity index (χ0) is 13.2. The molecule has 2 aromatic heterocycles. The molecule has 0 amide bonds. The van der Waals surface area contributed by atoms with Gasteiger partial charge in [-0.1, -0.05) is 17.7 Å². The Morgan fingerprint density at radius 1 is 1.05 bits per heavy atom. The molecule has 0 aliphatic heterocycles. The number of nitrogens with two attached hydrogens (primary N) is 1. The Morgan fingerprint density at radius 2 is 1.95 bits per heavy atom. The van der Waals surface area contributed by atoms with Crippen molar-refractivity contribution in [1.82, 2.24) is 9.97 Å². The summed E-state index contributed by atoms with van der Waals surface area (Å²) >= 11 is 6.13. The average molecular weight is 272 g/mol. The summed E-state index contributed by atoms with van der Waals surface area (Å²) in [6, 6.07) is 12.5. The number of anilines is 1. The minimum atomic E-state index is 0.406. The number of fused-ring (bicyclic) bond motifs is 1. The summed E-state index contributed by atoms with van der Waals surface area (Å²) < 4.78 is 5.72. The highest BCUT2D eigenvalue weighted by Gasteiger charge is 2.08. The number of aromatic nitrogens is 2. The predicted octanol–water partition coefficient (Wildman–Crippen LogP) is 3.66. The molecule has 2 N–H and O–H groups in total. The SMILES string of the molecule is Nc1cccc(Oc2ccc(Cl)c3cccnc23)n1. The Balaban J connectivity index is 2.09. The smallest absolute Gasteiger partial charge is 0.221 e. The van der Waals surface area contributed by atoms with Crippen LogP contribution < -0.4 is 10.5 Å². The van der Waals surface area contributed by atoms with E-state index in [0.29, 0.717) is 28.0 Å². The van der Waals surface area contributed by atoms with Crippen molar-refractivity contribution in [2.24, 2.45) is 0 Å². The van der Waals surface area contributed by atoms with Crippen molar-refractivity contribution in [2.75, 3.05) is 5.73 Å². The number of hydrogen-bond donors (Lipinski definition) is 1. The molecule has 0 saturated carbocycles. The number of ether oxygens (including phenoxy) is 1. The molecule has 0 radical (unpaired) electrons. The van der Waals surface area contributed by atoms with Crippen molar-refractivity contribution in [3.05, 3.63) is 53.7 Å². The third-order valence-electron chi connectivity index (χ3n) is 2.64. The monoisotopic (exact) mass is 271 g/mol. The molecule has 2 heterocycles. The van der Waals surface area contributed by atoms with Crippen molar-refractivity contribution in [1.29, 1.82) is 0 Å². The lowest BCUT2D eigenvalue weighted by Crippen LogP contribution is -1.94. The molecular weight excluding hydrogens is 262 g/mol. The molecule has 0 spiro atoms. The lowest BCUT2D eigenvalue weighted by Gasteiger charge is -2.08. The van der Waals surface area contributed by atoms with Gasteiger partial charge < -0.3 is 10.5 Å². The average Bonchev–Trinajstić information content (AvgIpc) is 2.42. The maximum absolute atomic E-state index is 6.13. The molecule has 0 aliphatic carbocycles. The minimum Gasteiger partial charge on any atom is -0.437 e. The third-order valence-corrected chi connectivity index (χ3v) is 2.97. The lowest BCUT2D eigenvalue weighted by atomic mass is 10.2. The van der Waals surface area contributed by atoms with Crippen molar-refractivity contribution in [2.45, 2.75) is 0 Å². The van der Waals surface area contributed by atoms with Crippen molar-refractivity contribution < 1.29 is 4.74 Å². The Hall–Kier alpha value is -2.33. The molecule has 4 nitrogen and oxygen atoms in total. The van der Waals surface area contributed by atoms with E-state index < -0.39 is 0 Å². The molecule has 0 bridgehead atoms. The normalized spacial score (nSPS) is 10.6. The summed E-state index contributed by atoms with van der Waals surface area (Å²) in [7, 11) is 0. The van der Waals surface area contributed by atoms with Gasteiger partial charge >= 0.3 is 0 Å². The second-order valence-electron chi connectivity index (χ2n) is 3.95. The fourth-order valence-corrected chi connectivity index (χ4v) is 2.01. The van der Waals surface area contributed by atoms with Gasteiger partial charge in [-0.3, -0.25) is 4.98 Å². The fourth-order valence-electron chi connectivity index (χ4n) is 1.79. The second kappa shape index (κ2) is 4.74. The molecule has 19 heavy (non-hydrogen) atoms. The van der Waals surface area contributed by atoms with E-state index in [2.05, 4.69) is 9.97 Å². The summed E-state index contributed by atoms with van der Waals surface area (Å²) in [4.78, 5) is 8.38. The first-order valence-electron chi connectivity index (χ1n) is 5.67. The molecule has 94 valence electrons. The maximum atomic E-state index is 6.13. The van der Waals surface area contributed by atoms with Crippen LogP contribution in [0.2, 0.25) is 5.02 Å². The summed E-state index contributed by atoms with van der Waals surface area (Å²) in [5.74, 6) is 1.43. The summed E-state index contributed by atoms with van der Waals surface area (Å²) in [5.41, 5.74) is 6.31. The van der Waals surface area contributed by atoms with Gasteiger partial charge in [0.2, 0.25) is 5.88 Å². The third kappa shape index (κ3) is 2.30. The molecule has 0 fully saturated rings. The van der Waals surface area contributed by atoms with E-state index in [1.807, 2.05) is 12.1 Å². The van der Waals surface area contributed by atoms with Crippen LogP contribution in [0.4, 0.5) is 5.82 Å². The quantitative estimate of drug-likeness (QED) is 0.773. The molecule has 3 aromatic rings.